The first-order valence-corrected chi connectivity index (χ1v) is 7.85. The van der Waals surface area contributed by atoms with Crippen LogP contribution in [0.5, 0.6) is 0 Å². The highest BCUT2D eigenvalue weighted by Gasteiger charge is 2.09. The Bertz CT molecular complexity index is 826. The van der Waals surface area contributed by atoms with Crippen molar-refractivity contribution in [2.45, 2.75) is 20.1 Å². The summed E-state index contributed by atoms with van der Waals surface area (Å²) >= 11 is 5.79. The minimum absolute atomic E-state index is 0.0787. The van der Waals surface area contributed by atoms with E-state index in [2.05, 4.69) is 34.6 Å². The van der Waals surface area contributed by atoms with Crippen LogP contribution in [0, 0.1) is 6.92 Å². The number of hydrogen-bond acceptors (Lipinski definition) is 4. The Hall–Kier alpha value is -2.66. The monoisotopic (exact) mass is 341 g/mol. The second-order valence-corrected chi connectivity index (χ2v) is 5.91. The van der Waals surface area contributed by atoms with Gasteiger partial charge in [-0.2, -0.15) is 0 Å². The summed E-state index contributed by atoms with van der Waals surface area (Å²) in [5.74, 6) is -0.417. The molecule has 0 amide bonds. The lowest BCUT2D eigenvalue weighted by molar-refractivity contribution is 0.0467. The van der Waals surface area contributed by atoms with Crippen molar-refractivity contribution in [3.8, 4) is 0 Å². The van der Waals surface area contributed by atoms with E-state index >= 15 is 0 Å². The van der Waals surface area contributed by atoms with E-state index in [0.29, 0.717) is 22.8 Å². The van der Waals surface area contributed by atoms with Crippen molar-refractivity contribution in [3.63, 3.8) is 0 Å². The number of esters is 1. The normalized spacial score (nSPS) is 10.6. The number of hydrogen-bond donors (Lipinski definition) is 0. The van der Waals surface area contributed by atoms with E-state index in [1.807, 2.05) is 6.92 Å². The molecule has 0 bridgehead atoms. The van der Waals surface area contributed by atoms with Crippen LogP contribution in [0.2, 0.25) is 5.02 Å². The van der Waals surface area contributed by atoms with Gasteiger partial charge in [-0.1, -0.05) is 46.6 Å². The van der Waals surface area contributed by atoms with Gasteiger partial charge in [0.15, 0.2) is 0 Å². The largest absolute Gasteiger partial charge is 0.455 e. The van der Waals surface area contributed by atoms with Gasteiger partial charge in [-0.3, -0.25) is 0 Å². The Balaban J connectivity index is 1.56. The molecule has 0 atom stereocenters. The van der Waals surface area contributed by atoms with Crippen molar-refractivity contribution in [2.75, 3.05) is 0 Å². The maximum Gasteiger partial charge on any atom is 0.338 e. The van der Waals surface area contributed by atoms with Gasteiger partial charge in [0.2, 0.25) is 0 Å². The summed E-state index contributed by atoms with van der Waals surface area (Å²) in [4.78, 5) is 11.9. The lowest BCUT2D eigenvalue weighted by Crippen LogP contribution is -2.05. The summed E-state index contributed by atoms with van der Waals surface area (Å²) in [6.45, 7) is 2.75. The minimum atomic E-state index is -0.417. The van der Waals surface area contributed by atoms with E-state index < -0.39 is 5.97 Å². The summed E-state index contributed by atoms with van der Waals surface area (Å²) < 4.78 is 6.95. The fourth-order valence-electron chi connectivity index (χ4n) is 2.17. The van der Waals surface area contributed by atoms with Crippen molar-refractivity contribution < 1.29 is 9.53 Å². The Kier molecular flexibility index (Phi) is 4.91. The molecule has 5 nitrogen and oxygen atoms in total. The molecular formula is C18H16ClN3O2. The van der Waals surface area contributed by atoms with E-state index in [1.54, 1.807) is 35.1 Å². The maximum absolute atomic E-state index is 11.9. The van der Waals surface area contributed by atoms with Crippen LogP contribution in [0.1, 0.15) is 27.2 Å². The number of rotatable bonds is 5. The van der Waals surface area contributed by atoms with Crippen molar-refractivity contribution in [2.24, 2.45) is 0 Å². The number of carbonyl (C=O) groups is 1. The quantitative estimate of drug-likeness (QED) is 0.665. The molecule has 0 saturated carbocycles. The summed E-state index contributed by atoms with van der Waals surface area (Å²) in [6, 6.07) is 14.8. The fraction of sp³-hybridized carbons (Fsp3) is 0.167. The third-order valence-corrected chi connectivity index (χ3v) is 3.73. The third kappa shape index (κ3) is 4.20. The Labute approximate surface area is 144 Å². The molecule has 2 aromatic carbocycles. The van der Waals surface area contributed by atoms with E-state index in [9.17, 15) is 4.79 Å². The first-order chi connectivity index (χ1) is 11.6. The SMILES string of the molecule is Cc1ccc(Cn2cc(COC(=O)c3ccc(Cl)cc3)nn2)cc1. The molecule has 0 aliphatic carbocycles. The molecule has 0 spiro atoms. The van der Waals surface area contributed by atoms with Crippen LogP contribution in [0.3, 0.4) is 0 Å². The van der Waals surface area contributed by atoms with Crippen molar-refractivity contribution in [3.05, 3.63) is 82.1 Å². The number of nitrogens with zero attached hydrogens (tertiary/aromatic N) is 3. The average molecular weight is 342 g/mol. The lowest BCUT2D eigenvalue weighted by atomic mass is 10.1. The minimum Gasteiger partial charge on any atom is -0.455 e. The number of benzene rings is 2. The van der Waals surface area contributed by atoms with Crippen molar-refractivity contribution in [1.82, 2.24) is 15.0 Å². The van der Waals surface area contributed by atoms with Gasteiger partial charge >= 0.3 is 5.97 Å². The number of halogens is 1. The van der Waals surface area contributed by atoms with Crippen LogP contribution in [-0.2, 0) is 17.9 Å². The molecule has 0 radical (unpaired) electrons. The molecule has 0 unspecified atom stereocenters. The zero-order chi connectivity index (χ0) is 16.9. The van der Waals surface area contributed by atoms with Crippen LogP contribution in [0.4, 0.5) is 0 Å². The molecule has 0 saturated heterocycles. The standard InChI is InChI=1S/C18H16ClN3O2/c1-13-2-4-14(5-3-13)10-22-11-17(20-21-22)12-24-18(23)15-6-8-16(19)9-7-15/h2-9,11H,10,12H2,1H3. The molecule has 1 aromatic heterocycles. The lowest BCUT2D eigenvalue weighted by Gasteiger charge is -2.03. The molecule has 1 heterocycles. The van der Waals surface area contributed by atoms with Crippen LogP contribution < -0.4 is 0 Å². The molecule has 3 rings (SSSR count). The summed E-state index contributed by atoms with van der Waals surface area (Å²) in [5, 5.41) is 8.65. The number of carbonyl (C=O) groups excluding carboxylic acids is 1. The Morgan fingerprint density at radius 1 is 1.12 bits per heavy atom. The van der Waals surface area contributed by atoms with Crippen molar-refractivity contribution in [1.29, 1.82) is 0 Å². The molecule has 0 aliphatic heterocycles. The fourth-order valence-corrected chi connectivity index (χ4v) is 2.30. The second-order valence-electron chi connectivity index (χ2n) is 5.48. The van der Waals surface area contributed by atoms with Crippen LogP contribution in [0.15, 0.2) is 54.7 Å². The number of aryl methyl sites for hydroxylation is 1. The van der Waals surface area contributed by atoms with Gasteiger partial charge in [-0.15, -0.1) is 5.10 Å². The first-order valence-electron chi connectivity index (χ1n) is 7.47. The number of ether oxygens (including phenoxy) is 1. The van der Waals surface area contributed by atoms with Gasteiger partial charge < -0.3 is 4.74 Å². The molecule has 0 aliphatic rings. The Morgan fingerprint density at radius 3 is 2.54 bits per heavy atom. The summed E-state index contributed by atoms with van der Waals surface area (Å²) in [7, 11) is 0. The smallest absolute Gasteiger partial charge is 0.338 e. The first kappa shape index (κ1) is 16.2. The highest BCUT2D eigenvalue weighted by atomic mass is 35.5. The predicted octanol–water partition coefficient (Wildman–Crippen LogP) is 3.65. The van der Waals surface area contributed by atoms with E-state index in [-0.39, 0.29) is 6.61 Å². The molecule has 24 heavy (non-hydrogen) atoms. The third-order valence-electron chi connectivity index (χ3n) is 3.48. The zero-order valence-corrected chi connectivity index (χ0v) is 13.9. The average Bonchev–Trinajstić information content (AvgIpc) is 3.03. The highest BCUT2D eigenvalue weighted by Crippen LogP contribution is 2.11. The summed E-state index contributed by atoms with van der Waals surface area (Å²) in [6.07, 6.45) is 1.77. The van der Waals surface area contributed by atoms with Crippen LogP contribution in [0.25, 0.3) is 0 Å². The van der Waals surface area contributed by atoms with Crippen LogP contribution in [-0.4, -0.2) is 21.0 Å². The van der Waals surface area contributed by atoms with Gasteiger partial charge in [0.25, 0.3) is 0 Å². The topological polar surface area (TPSA) is 57.0 Å². The molecule has 122 valence electrons. The molecule has 6 heteroatoms. The molecular weight excluding hydrogens is 326 g/mol. The highest BCUT2D eigenvalue weighted by molar-refractivity contribution is 6.30. The predicted molar refractivity (Wildman–Crippen MR) is 90.9 cm³/mol. The van der Waals surface area contributed by atoms with Gasteiger partial charge in [-0.25, -0.2) is 9.48 Å². The Morgan fingerprint density at radius 2 is 1.83 bits per heavy atom. The molecule has 0 N–H and O–H groups in total. The van der Waals surface area contributed by atoms with Gasteiger partial charge in [-0.05, 0) is 36.8 Å². The second kappa shape index (κ2) is 7.27. The van der Waals surface area contributed by atoms with Crippen molar-refractivity contribution >= 4 is 17.6 Å². The van der Waals surface area contributed by atoms with E-state index in [1.165, 1.54) is 5.56 Å². The van der Waals surface area contributed by atoms with E-state index in [0.717, 1.165) is 5.56 Å². The zero-order valence-electron chi connectivity index (χ0n) is 13.1. The van der Waals surface area contributed by atoms with Crippen LogP contribution >= 0.6 is 11.6 Å². The summed E-state index contributed by atoms with van der Waals surface area (Å²) in [5.41, 5.74) is 3.40. The molecule has 3 aromatic rings. The van der Waals surface area contributed by atoms with E-state index in [4.69, 9.17) is 16.3 Å². The maximum atomic E-state index is 11.9. The van der Waals surface area contributed by atoms with Gasteiger partial charge in [0.05, 0.1) is 18.3 Å². The number of aromatic nitrogens is 3. The van der Waals surface area contributed by atoms with Gasteiger partial charge in [0.1, 0.15) is 12.3 Å². The molecule has 0 fully saturated rings. The van der Waals surface area contributed by atoms with Gasteiger partial charge in [0, 0.05) is 5.02 Å².